The molecule has 1 aromatic carbocycles. The summed E-state index contributed by atoms with van der Waals surface area (Å²) in [5.41, 5.74) is 3.78. The third kappa shape index (κ3) is 4.56. The van der Waals surface area contributed by atoms with Crippen molar-refractivity contribution in [3.8, 4) is 0 Å². The van der Waals surface area contributed by atoms with E-state index in [-0.39, 0.29) is 5.41 Å². The molecule has 0 spiro atoms. The van der Waals surface area contributed by atoms with Gasteiger partial charge in [0.05, 0.1) is 5.52 Å². The highest BCUT2D eigenvalue weighted by Crippen LogP contribution is 2.34. The fraction of sp³-hybridized carbons (Fsp3) is 0.550. The lowest BCUT2D eigenvalue weighted by Gasteiger charge is -2.31. The van der Waals surface area contributed by atoms with Crippen LogP contribution in [0.2, 0.25) is 0 Å². The first-order valence-electron chi connectivity index (χ1n) is 8.30. The average molecular weight is 287 g/mol. The molecule has 2 rings (SSSR count). The molecule has 0 atom stereocenters. The Morgan fingerprint density at radius 1 is 0.952 bits per heavy atom. The first-order chi connectivity index (χ1) is 9.93. The highest BCUT2D eigenvalue weighted by molar-refractivity contribution is 5.79. The number of hydrogen-bond acceptors (Lipinski definition) is 1. The second-order valence-corrected chi connectivity index (χ2v) is 5.69. The molecule has 0 unspecified atom stereocenters. The van der Waals surface area contributed by atoms with Crippen molar-refractivity contribution >= 4 is 10.9 Å². The minimum atomic E-state index is 0.168. The van der Waals surface area contributed by atoms with E-state index in [1.807, 2.05) is 33.8 Å². The third-order valence-corrected chi connectivity index (χ3v) is 4.05. The molecule has 1 heterocycles. The molecule has 0 radical (unpaired) electrons. The Morgan fingerprint density at radius 3 is 2.00 bits per heavy atom. The van der Waals surface area contributed by atoms with Gasteiger partial charge in [0.2, 0.25) is 0 Å². The van der Waals surface area contributed by atoms with Crippen LogP contribution >= 0.6 is 0 Å². The summed E-state index contributed by atoms with van der Waals surface area (Å²) < 4.78 is 0. The number of pyridine rings is 1. The second kappa shape index (κ2) is 8.81. The Labute approximate surface area is 131 Å². The molecule has 0 saturated carbocycles. The molecule has 0 N–H and O–H groups in total. The lowest BCUT2D eigenvalue weighted by atomic mass is 9.74. The predicted octanol–water partition coefficient (Wildman–Crippen LogP) is 6.53. The monoisotopic (exact) mass is 287 g/mol. The fourth-order valence-corrected chi connectivity index (χ4v) is 2.18. The number of aryl methyl sites for hydroxylation is 1. The Bertz CT molecular complexity index is 539. The molecule has 1 heteroatoms. The summed E-state index contributed by atoms with van der Waals surface area (Å²) in [4.78, 5) is 4.72. The maximum atomic E-state index is 4.72. The number of fused-ring (bicyclic) bond motifs is 1. The van der Waals surface area contributed by atoms with Crippen LogP contribution in [-0.2, 0) is 5.41 Å². The lowest BCUT2D eigenvalue weighted by molar-refractivity contribution is 0.369. The zero-order valence-corrected chi connectivity index (χ0v) is 15.4. The molecule has 0 aliphatic rings. The quantitative estimate of drug-likeness (QED) is 0.612. The largest absolute Gasteiger partial charge is 0.253 e. The first-order valence-corrected chi connectivity index (χ1v) is 8.30. The number of nitrogens with zero attached hydrogens (tertiary/aromatic N) is 1. The maximum Gasteiger partial charge on any atom is 0.0705 e. The molecule has 118 valence electrons. The number of rotatable bonds is 2. The highest BCUT2D eigenvalue weighted by Gasteiger charge is 2.27. The van der Waals surface area contributed by atoms with Crippen molar-refractivity contribution in [3.05, 3.63) is 41.6 Å². The molecule has 0 amide bonds. The smallest absolute Gasteiger partial charge is 0.0705 e. The van der Waals surface area contributed by atoms with Gasteiger partial charge in [-0.05, 0) is 36.0 Å². The average Bonchev–Trinajstić information content (AvgIpc) is 2.50. The third-order valence-electron chi connectivity index (χ3n) is 4.05. The molecular formula is C20H33N. The van der Waals surface area contributed by atoms with Gasteiger partial charge >= 0.3 is 0 Å². The van der Waals surface area contributed by atoms with Crippen LogP contribution in [0.5, 0.6) is 0 Å². The topological polar surface area (TPSA) is 12.9 Å². The van der Waals surface area contributed by atoms with Crippen LogP contribution in [0.4, 0.5) is 0 Å². The van der Waals surface area contributed by atoms with Gasteiger partial charge in [0.15, 0.2) is 0 Å². The number of aromatic nitrogens is 1. The van der Waals surface area contributed by atoms with Gasteiger partial charge in [-0.25, -0.2) is 0 Å². The van der Waals surface area contributed by atoms with Crippen molar-refractivity contribution in [2.24, 2.45) is 5.92 Å². The molecule has 0 aliphatic carbocycles. The first kappa shape index (κ1) is 19.6. The summed E-state index contributed by atoms with van der Waals surface area (Å²) in [5.74, 6) is 0.601. The van der Waals surface area contributed by atoms with Crippen molar-refractivity contribution in [2.45, 2.75) is 67.7 Å². The van der Waals surface area contributed by atoms with E-state index < -0.39 is 0 Å². The van der Waals surface area contributed by atoms with Gasteiger partial charge in [-0.2, -0.15) is 0 Å². The molecule has 1 aromatic heterocycles. The lowest BCUT2D eigenvalue weighted by Crippen LogP contribution is -2.25. The van der Waals surface area contributed by atoms with Crippen molar-refractivity contribution in [1.29, 1.82) is 0 Å². The van der Waals surface area contributed by atoms with Crippen LogP contribution in [0.15, 0.2) is 30.3 Å². The van der Waals surface area contributed by atoms with Crippen LogP contribution < -0.4 is 0 Å². The molecule has 0 bridgehead atoms. The van der Waals surface area contributed by atoms with E-state index in [4.69, 9.17) is 4.98 Å². The zero-order valence-electron chi connectivity index (χ0n) is 15.4. The van der Waals surface area contributed by atoms with E-state index >= 15 is 0 Å². The van der Waals surface area contributed by atoms with E-state index in [0.29, 0.717) is 5.92 Å². The van der Waals surface area contributed by atoms with Crippen LogP contribution in [0.1, 0.15) is 66.6 Å². The van der Waals surface area contributed by atoms with Gasteiger partial charge in [-0.3, -0.25) is 4.98 Å². The molecule has 0 saturated heterocycles. The van der Waals surface area contributed by atoms with Gasteiger partial charge in [0, 0.05) is 11.1 Å². The summed E-state index contributed by atoms with van der Waals surface area (Å²) in [6.07, 6.45) is 0. The molecule has 2 aromatic rings. The Morgan fingerprint density at radius 2 is 1.48 bits per heavy atom. The summed E-state index contributed by atoms with van der Waals surface area (Å²) in [6.45, 7) is 19.3. The van der Waals surface area contributed by atoms with Gasteiger partial charge < -0.3 is 0 Å². The Kier molecular flexibility index (Phi) is 8.24. The van der Waals surface area contributed by atoms with Crippen LogP contribution in [0, 0.1) is 12.8 Å². The van der Waals surface area contributed by atoms with Gasteiger partial charge in [0.1, 0.15) is 0 Å². The molecule has 0 fully saturated rings. The van der Waals surface area contributed by atoms with E-state index in [9.17, 15) is 0 Å². The van der Waals surface area contributed by atoms with E-state index in [1.54, 1.807) is 0 Å². The summed E-state index contributed by atoms with van der Waals surface area (Å²) in [6, 6.07) is 10.6. The SMILES string of the molecule is CC.CC.Cc1nc2ccccc2cc1C(C)(C)C(C)C. The normalized spacial score (nSPS) is 10.6. The van der Waals surface area contributed by atoms with Crippen LogP contribution in [-0.4, -0.2) is 4.98 Å². The minimum absolute atomic E-state index is 0.168. The maximum absolute atomic E-state index is 4.72. The second-order valence-electron chi connectivity index (χ2n) is 5.69. The highest BCUT2D eigenvalue weighted by atomic mass is 14.7. The van der Waals surface area contributed by atoms with Crippen LogP contribution in [0.3, 0.4) is 0 Å². The summed E-state index contributed by atoms with van der Waals surface area (Å²) in [5, 5.41) is 1.24. The van der Waals surface area contributed by atoms with Gasteiger partial charge in [-0.1, -0.05) is 73.6 Å². The van der Waals surface area contributed by atoms with Crippen molar-refractivity contribution < 1.29 is 0 Å². The van der Waals surface area contributed by atoms with Gasteiger partial charge in [-0.15, -0.1) is 0 Å². The van der Waals surface area contributed by atoms with Crippen molar-refractivity contribution in [1.82, 2.24) is 4.98 Å². The zero-order chi connectivity index (χ0) is 16.6. The van der Waals surface area contributed by atoms with E-state index in [2.05, 4.69) is 58.9 Å². The Balaban J connectivity index is 0.000000921. The molecule has 0 aliphatic heterocycles. The Hall–Kier alpha value is -1.37. The molecule has 1 nitrogen and oxygen atoms in total. The summed E-state index contributed by atoms with van der Waals surface area (Å²) in [7, 11) is 0. The van der Waals surface area contributed by atoms with E-state index in [1.165, 1.54) is 10.9 Å². The summed E-state index contributed by atoms with van der Waals surface area (Å²) >= 11 is 0. The van der Waals surface area contributed by atoms with Gasteiger partial charge in [0.25, 0.3) is 0 Å². The fourth-order valence-electron chi connectivity index (χ4n) is 2.18. The number of hydrogen-bond donors (Lipinski definition) is 0. The molecular weight excluding hydrogens is 254 g/mol. The standard InChI is InChI=1S/C16H21N.2C2H6/c1-11(2)16(4,5)14-10-13-8-6-7-9-15(13)17-12(14)3;2*1-2/h6-11H,1-5H3;2*1-2H3. The molecule has 21 heavy (non-hydrogen) atoms. The van der Waals surface area contributed by atoms with Crippen molar-refractivity contribution in [3.63, 3.8) is 0 Å². The number of benzene rings is 1. The number of para-hydroxylation sites is 1. The van der Waals surface area contributed by atoms with Crippen molar-refractivity contribution in [2.75, 3.05) is 0 Å². The van der Waals surface area contributed by atoms with E-state index in [0.717, 1.165) is 11.2 Å². The predicted molar refractivity (Wildman–Crippen MR) is 97.0 cm³/mol. The van der Waals surface area contributed by atoms with Crippen LogP contribution in [0.25, 0.3) is 10.9 Å². The minimum Gasteiger partial charge on any atom is -0.253 e.